The van der Waals surface area contributed by atoms with E-state index in [0.29, 0.717) is 36.7 Å². The Kier molecular flexibility index (Phi) is 3.42. The summed E-state index contributed by atoms with van der Waals surface area (Å²) in [6.07, 6.45) is 5.08. The average Bonchev–Trinajstić information content (AvgIpc) is 3.13. The molecule has 0 radical (unpaired) electrons. The van der Waals surface area contributed by atoms with Gasteiger partial charge in [-0.2, -0.15) is 5.10 Å². The van der Waals surface area contributed by atoms with Crippen molar-refractivity contribution >= 4 is 22.6 Å². The fourth-order valence-corrected chi connectivity index (χ4v) is 3.40. The number of nitrogens with zero attached hydrogens (tertiary/aromatic N) is 4. The van der Waals surface area contributed by atoms with E-state index < -0.39 is 0 Å². The molecule has 2 aromatic heterocycles. The maximum Gasteiger partial charge on any atom is 0.174 e. The van der Waals surface area contributed by atoms with Crippen molar-refractivity contribution in [2.45, 2.75) is 18.9 Å². The first kappa shape index (κ1) is 14.4. The second-order valence-electron chi connectivity index (χ2n) is 6.01. The van der Waals surface area contributed by atoms with Crippen LogP contribution in [0, 0.1) is 5.82 Å². The summed E-state index contributed by atoms with van der Waals surface area (Å²) in [5.74, 6) is -0.0677. The normalized spacial score (nSPS) is 21.9. The molecule has 0 unspecified atom stereocenters. The average molecular weight is 318 g/mol. The smallest absolute Gasteiger partial charge is 0.174 e. The Labute approximate surface area is 132 Å². The molecule has 23 heavy (non-hydrogen) atoms. The summed E-state index contributed by atoms with van der Waals surface area (Å²) in [6.45, 7) is 2.19. The molecule has 1 fully saturated rings. The van der Waals surface area contributed by atoms with Crippen molar-refractivity contribution in [2.75, 3.05) is 36.9 Å². The molecule has 0 amide bonds. The molecule has 7 nitrogen and oxygen atoms in total. The number of nitrogen functional groups attached to an aromatic ring is 1. The highest BCUT2D eigenvalue weighted by molar-refractivity contribution is 5.88. The van der Waals surface area contributed by atoms with Gasteiger partial charge in [0.15, 0.2) is 11.6 Å². The van der Waals surface area contributed by atoms with E-state index in [1.54, 1.807) is 0 Å². The van der Waals surface area contributed by atoms with Gasteiger partial charge in [0.05, 0.1) is 13.2 Å². The zero-order valence-corrected chi connectivity index (χ0v) is 12.7. The van der Waals surface area contributed by atoms with Crippen LogP contribution in [0.4, 0.5) is 15.9 Å². The fraction of sp³-hybridized carbons (Fsp3) is 0.467. The van der Waals surface area contributed by atoms with Gasteiger partial charge in [0.1, 0.15) is 23.2 Å². The predicted octanol–water partition coefficient (Wildman–Crippen LogP) is 0.792. The minimum Gasteiger partial charge on any atom is -0.382 e. The molecular weight excluding hydrogens is 299 g/mol. The van der Waals surface area contributed by atoms with Crippen LogP contribution in [0.15, 0.2) is 12.4 Å². The van der Waals surface area contributed by atoms with Gasteiger partial charge < -0.3 is 21.1 Å². The van der Waals surface area contributed by atoms with Gasteiger partial charge in [0.25, 0.3) is 0 Å². The predicted molar refractivity (Wildman–Crippen MR) is 85.6 cm³/mol. The van der Waals surface area contributed by atoms with E-state index in [1.807, 2.05) is 11.0 Å². The largest absolute Gasteiger partial charge is 0.382 e. The molecule has 122 valence electrons. The SMILES string of the molecule is Nc1ncnn2c(C3=CCOC3)c(F)c(N3CCC[C@@H](N)C3)c12. The molecular formula is C15H19FN6O. The number of anilines is 2. The minimum atomic E-state index is -0.331. The van der Waals surface area contributed by atoms with E-state index in [4.69, 9.17) is 16.2 Å². The summed E-state index contributed by atoms with van der Waals surface area (Å²) >= 11 is 0. The molecule has 0 spiro atoms. The molecule has 4 N–H and O–H groups in total. The van der Waals surface area contributed by atoms with Crippen LogP contribution in [0.2, 0.25) is 0 Å². The summed E-state index contributed by atoms with van der Waals surface area (Å²) in [5.41, 5.74) is 14.2. The van der Waals surface area contributed by atoms with Gasteiger partial charge in [-0.1, -0.05) is 6.08 Å². The van der Waals surface area contributed by atoms with Crippen molar-refractivity contribution in [1.29, 1.82) is 0 Å². The third kappa shape index (κ3) is 2.25. The molecule has 4 heterocycles. The Morgan fingerprint density at radius 1 is 1.39 bits per heavy atom. The lowest BCUT2D eigenvalue weighted by molar-refractivity contribution is 0.215. The molecule has 0 aromatic carbocycles. The van der Waals surface area contributed by atoms with Crippen LogP contribution >= 0.6 is 0 Å². The maximum atomic E-state index is 15.3. The standard InChI is InChI=1S/C15H19FN6O/c16-11-12(9-3-5-23-7-9)22-14(15(18)19-8-20-22)13(11)21-4-1-2-10(17)6-21/h3,8,10H,1-2,4-7,17H2,(H2,18,19,20)/t10-/m1/s1. The van der Waals surface area contributed by atoms with E-state index in [-0.39, 0.29) is 17.7 Å². The van der Waals surface area contributed by atoms with Crippen molar-refractivity contribution in [3.63, 3.8) is 0 Å². The third-order valence-corrected chi connectivity index (χ3v) is 4.45. The van der Waals surface area contributed by atoms with Crippen LogP contribution < -0.4 is 16.4 Å². The molecule has 2 aromatic rings. The second-order valence-corrected chi connectivity index (χ2v) is 6.01. The molecule has 1 saturated heterocycles. The number of aromatic nitrogens is 3. The number of rotatable bonds is 2. The van der Waals surface area contributed by atoms with Crippen LogP contribution in [0.3, 0.4) is 0 Å². The Morgan fingerprint density at radius 3 is 3.00 bits per heavy atom. The molecule has 0 saturated carbocycles. The number of piperidine rings is 1. The van der Waals surface area contributed by atoms with Crippen molar-refractivity contribution in [3.05, 3.63) is 23.9 Å². The molecule has 2 aliphatic heterocycles. The Balaban J connectivity index is 1.94. The third-order valence-electron chi connectivity index (χ3n) is 4.45. The van der Waals surface area contributed by atoms with Crippen molar-refractivity contribution in [2.24, 2.45) is 5.73 Å². The number of hydrogen-bond donors (Lipinski definition) is 2. The lowest BCUT2D eigenvalue weighted by atomic mass is 10.1. The van der Waals surface area contributed by atoms with Crippen molar-refractivity contribution < 1.29 is 9.13 Å². The van der Waals surface area contributed by atoms with Gasteiger partial charge in [0, 0.05) is 24.7 Å². The lowest BCUT2D eigenvalue weighted by Crippen LogP contribution is -2.43. The Morgan fingerprint density at radius 2 is 2.26 bits per heavy atom. The second kappa shape index (κ2) is 5.47. The van der Waals surface area contributed by atoms with Crippen LogP contribution in [0.1, 0.15) is 18.5 Å². The zero-order chi connectivity index (χ0) is 16.0. The molecule has 4 rings (SSSR count). The molecule has 1 atom stereocenters. The van der Waals surface area contributed by atoms with E-state index in [2.05, 4.69) is 10.1 Å². The lowest BCUT2D eigenvalue weighted by Gasteiger charge is -2.32. The highest BCUT2D eigenvalue weighted by atomic mass is 19.1. The summed E-state index contributed by atoms with van der Waals surface area (Å²) in [6, 6.07) is 0.0291. The highest BCUT2D eigenvalue weighted by Gasteiger charge is 2.30. The van der Waals surface area contributed by atoms with Gasteiger partial charge in [0.2, 0.25) is 0 Å². The summed E-state index contributed by atoms with van der Waals surface area (Å²) < 4.78 is 22.2. The number of hydrogen-bond acceptors (Lipinski definition) is 6. The van der Waals surface area contributed by atoms with Crippen LogP contribution in [0.25, 0.3) is 11.1 Å². The number of nitrogens with two attached hydrogens (primary N) is 2. The molecule has 2 aliphatic rings. The number of ether oxygens (including phenoxy) is 1. The van der Waals surface area contributed by atoms with E-state index in [1.165, 1.54) is 10.8 Å². The van der Waals surface area contributed by atoms with Crippen LogP contribution in [0.5, 0.6) is 0 Å². The first-order valence-corrected chi connectivity index (χ1v) is 7.75. The van der Waals surface area contributed by atoms with Gasteiger partial charge >= 0.3 is 0 Å². The van der Waals surface area contributed by atoms with Gasteiger partial charge in [-0.3, -0.25) is 0 Å². The van der Waals surface area contributed by atoms with Gasteiger partial charge in [-0.15, -0.1) is 0 Å². The number of fused-ring (bicyclic) bond motifs is 1. The summed E-state index contributed by atoms with van der Waals surface area (Å²) in [4.78, 5) is 5.99. The molecule has 8 heteroatoms. The quantitative estimate of drug-likeness (QED) is 0.850. The monoisotopic (exact) mass is 318 g/mol. The summed E-state index contributed by atoms with van der Waals surface area (Å²) in [5, 5.41) is 4.21. The molecule has 0 bridgehead atoms. The van der Waals surface area contributed by atoms with E-state index in [9.17, 15) is 0 Å². The Hall–Kier alpha value is -2.19. The maximum absolute atomic E-state index is 15.3. The zero-order valence-electron chi connectivity index (χ0n) is 12.7. The van der Waals surface area contributed by atoms with Gasteiger partial charge in [-0.05, 0) is 12.8 Å². The topological polar surface area (TPSA) is 94.7 Å². The first-order chi connectivity index (χ1) is 11.2. The van der Waals surface area contributed by atoms with E-state index >= 15 is 4.39 Å². The van der Waals surface area contributed by atoms with E-state index in [0.717, 1.165) is 25.0 Å². The fourth-order valence-electron chi connectivity index (χ4n) is 3.40. The highest BCUT2D eigenvalue weighted by Crippen LogP contribution is 2.37. The Bertz CT molecular complexity index is 786. The van der Waals surface area contributed by atoms with Crippen molar-refractivity contribution in [3.8, 4) is 0 Å². The molecule has 0 aliphatic carbocycles. The van der Waals surface area contributed by atoms with Crippen LogP contribution in [-0.2, 0) is 4.74 Å². The van der Waals surface area contributed by atoms with Gasteiger partial charge in [-0.25, -0.2) is 13.9 Å². The first-order valence-electron chi connectivity index (χ1n) is 7.75. The van der Waals surface area contributed by atoms with Crippen LogP contribution in [-0.4, -0.2) is 46.9 Å². The minimum absolute atomic E-state index is 0.0291. The summed E-state index contributed by atoms with van der Waals surface area (Å²) in [7, 11) is 0. The number of halogens is 1. The van der Waals surface area contributed by atoms with Crippen molar-refractivity contribution in [1.82, 2.24) is 14.6 Å².